The van der Waals surface area contributed by atoms with Crippen molar-refractivity contribution in [3.63, 3.8) is 0 Å². The van der Waals surface area contributed by atoms with Gasteiger partial charge in [-0.1, -0.05) is 29.8 Å². The van der Waals surface area contributed by atoms with Crippen LogP contribution in [-0.4, -0.2) is 9.78 Å². The van der Waals surface area contributed by atoms with Gasteiger partial charge in [0.05, 0.1) is 5.69 Å². The molecule has 4 heteroatoms. The van der Waals surface area contributed by atoms with Crippen LogP contribution in [0.1, 0.15) is 25.0 Å². The highest BCUT2D eigenvalue weighted by atomic mass is 79.9. The van der Waals surface area contributed by atoms with Gasteiger partial charge in [-0.3, -0.25) is 4.68 Å². The third-order valence-electron chi connectivity index (χ3n) is 3.12. The van der Waals surface area contributed by atoms with E-state index in [9.17, 15) is 0 Å². The molecule has 1 aromatic heterocycles. The van der Waals surface area contributed by atoms with Crippen molar-refractivity contribution < 1.29 is 0 Å². The summed E-state index contributed by atoms with van der Waals surface area (Å²) in [6.07, 6.45) is 0.945. The van der Waals surface area contributed by atoms with E-state index >= 15 is 0 Å². The van der Waals surface area contributed by atoms with Crippen molar-refractivity contribution in [2.45, 2.75) is 27.2 Å². The molecule has 0 fully saturated rings. The van der Waals surface area contributed by atoms with Crippen molar-refractivity contribution in [2.24, 2.45) is 13.0 Å². The van der Waals surface area contributed by atoms with E-state index in [1.54, 1.807) is 4.68 Å². The van der Waals surface area contributed by atoms with Crippen molar-refractivity contribution >= 4 is 21.7 Å². The molecular weight excluding hydrogens is 302 g/mol. The molecule has 0 aliphatic rings. The van der Waals surface area contributed by atoms with Crippen LogP contribution in [0.4, 0.5) is 5.82 Å². The van der Waals surface area contributed by atoms with Crippen LogP contribution in [0.2, 0.25) is 0 Å². The molecule has 2 N–H and O–H groups in total. The standard InChI is InChI=1S/C15H20BrN3/c1-9(2)5-13-14(18-19(4)15(13)17)11-6-10(3)7-12(16)8-11/h6-9H,5,17H2,1-4H3. The minimum Gasteiger partial charge on any atom is -0.384 e. The van der Waals surface area contributed by atoms with Crippen LogP contribution in [-0.2, 0) is 13.5 Å². The van der Waals surface area contributed by atoms with Crippen LogP contribution in [0.25, 0.3) is 11.3 Å². The Morgan fingerprint density at radius 3 is 2.58 bits per heavy atom. The number of hydrogen-bond acceptors (Lipinski definition) is 2. The Kier molecular flexibility index (Phi) is 3.99. The first-order chi connectivity index (χ1) is 8.88. The highest BCUT2D eigenvalue weighted by Gasteiger charge is 2.17. The van der Waals surface area contributed by atoms with Gasteiger partial charge < -0.3 is 5.73 Å². The average Bonchev–Trinajstić information content (AvgIpc) is 2.55. The quantitative estimate of drug-likeness (QED) is 0.930. The van der Waals surface area contributed by atoms with Crippen LogP contribution in [0.3, 0.4) is 0 Å². The first-order valence-electron chi connectivity index (χ1n) is 6.47. The normalized spacial score (nSPS) is 11.3. The molecule has 1 aromatic carbocycles. The maximum atomic E-state index is 6.15. The monoisotopic (exact) mass is 321 g/mol. The largest absolute Gasteiger partial charge is 0.384 e. The summed E-state index contributed by atoms with van der Waals surface area (Å²) < 4.78 is 2.84. The summed E-state index contributed by atoms with van der Waals surface area (Å²) in [4.78, 5) is 0. The highest BCUT2D eigenvalue weighted by molar-refractivity contribution is 9.10. The number of benzene rings is 1. The summed E-state index contributed by atoms with van der Waals surface area (Å²) in [6, 6.07) is 6.34. The lowest BCUT2D eigenvalue weighted by molar-refractivity contribution is 0.648. The first kappa shape index (κ1) is 14.1. The number of nitrogens with zero attached hydrogens (tertiary/aromatic N) is 2. The molecule has 0 saturated heterocycles. The van der Waals surface area contributed by atoms with E-state index in [0.29, 0.717) is 5.92 Å². The lowest BCUT2D eigenvalue weighted by atomic mass is 9.98. The molecule has 102 valence electrons. The molecule has 3 nitrogen and oxygen atoms in total. The smallest absolute Gasteiger partial charge is 0.125 e. The van der Waals surface area contributed by atoms with E-state index in [1.165, 1.54) is 5.56 Å². The zero-order valence-electron chi connectivity index (χ0n) is 11.9. The average molecular weight is 322 g/mol. The fraction of sp³-hybridized carbons (Fsp3) is 0.400. The van der Waals surface area contributed by atoms with Gasteiger partial charge in [-0.25, -0.2) is 0 Å². The number of aryl methyl sites for hydroxylation is 2. The second-order valence-corrected chi connectivity index (χ2v) is 6.37. The third kappa shape index (κ3) is 3.00. The number of anilines is 1. The first-order valence-corrected chi connectivity index (χ1v) is 7.26. The van der Waals surface area contributed by atoms with Gasteiger partial charge in [-0.15, -0.1) is 0 Å². The summed E-state index contributed by atoms with van der Waals surface area (Å²) in [5, 5.41) is 4.59. The van der Waals surface area contributed by atoms with Crippen LogP contribution in [0.15, 0.2) is 22.7 Å². The molecule has 0 unspecified atom stereocenters. The topological polar surface area (TPSA) is 43.8 Å². The predicted octanol–water partition coefficient (Wildman–Crippen LogP) is 3.94. The third-order valence-corrected chi connectivity index (χ3v) is 3.58. The maximum absolute atomic E-state index is 6.15. The van der Waals surface area contributed by atoms with E-state index in [4.69, 9.17) is 5.73 Å². The van der Waals surface area contributed by atoms with Crippen LogP contribution in [0.5, 0.6) is 0 Å². The van der Waals surface area contributed by atoms with E-state index in [-0.39, 0.29) is 0 Å². The zero-order valence-corrected chi connectivity index (χ0v) is 13.5. The van der Waals surface area contributed by atoms with Crippen molar-refractivity contribution in [1.82, 2.24) is 9.78 Å². The van der Waals surface area contributed by atoms with E-state index in [2.05, 4.69) is 60.0 Å². The number of rotatable bonds is 3. The van der Waals surface area contributed by atoms with Crippen molar-refractivity contribution in [1.29, 1.82) is 0 Å². The molecule has 2 aromatic rings. The Hall–Kier alpha value is -1.29. The Bertz CT molecular complexity index is 579. The molecule has 0 atom stereocenters. The zero-order chi connectivity index (χ0) is 14.2. The van der Waals surface area contributed by atoms with Gasteiger partial charge in [-0.05, 0) is 43.0 Å². The van der Waals surface area contributed by atoms with Gasteiger partial charge in [0.2, 0.25) is 0 Å². The van der Waals surface area contributed by atoms with Gasteiger partial charge >= 0.3 is 0 Å². The minimum atomic E-state index is 0.554. The molecule has 2 rings (SSSR count). The molecule has 1 heterocycles. The predicted molar refractivity (Wildman–Crippen MR) is 84.0 cm³/mol. The Morgan fingerprint density at radius 2 is 2.00 bits per heavy atom. The van der Waals surface area contributed by atoms with E-state index < -0.39 is 0 Å². The van der Waals surface area contributed by atoms with Crippen LogP contribution < -0.4 is 5.73 Å². The number of nitrogens with two attached hydrogens (primary N) is 1. The molecule has 0 bridgehead atoms. The molecule has 0 aliphatic heterocycles. The van der Waals surface area contributed by atoms with E-state index in [1.807, 2.05) is 7.05 Å². The summed E-state index contributed by atoms with van der Waals surface area (Å²) >= 11 is 3.55. The van der Waals surface area contributed by atoms with Gasteiger partial charge in [0.15, 0.2) is 0 Å². The molecule has 0 saturated carbocycles. The Labute approximate surface area is 122 Å². The van der Waals surface area contributed by atoms with Gasteiger partial charge in [-0.2, -0.15) is 5.10 Å². The molecule has 0 amide bonds. The van der Waals surface area contributed by atoms with Gasteiger partial charge in [0, 0.05) is 22.6 Å². The maximum Gasteiger partial charge on any atom is 0.125 e. The van der Waals surface area contributed by atoms with Crippen molar-refractivity contribution in [3.05, 3.63) is 33.8 Å². The van der Waals surface area contributed by atoms with E-state index in [0.717, 1.165) is 33.5 Å². The van der Waals surface area contributed by atoms with Gasteiger partial charge in [0.25, 0.3) is 0 Å². The second-order valence-electron chi connectivity index (χ2n) is 5.45. The summed E-state index contributed by atoms with van der Waals surface area (Å²) in [7, 11) is 1.90. The molecule has 19 heavy (non-hydrogen) atoms. The highest BCUT2D eigenvalue weighted by Crippen LogP contribution is 2.31. The van der Waals surface area contributed by atoms with Crippen molar-refractivity contribution in [3.8, 4) is 11.3 Å². The molecule has 0 aliphatic carbocycles. The van der Waals surface area contributed by atoms with Crippen molar-refractivity contribution in [2.75, 3.05) is 5.73 Å². The SMILES string of the molecule is Cc1cc(Br)cc(-c2nn(C)c(N)c2CC(C)C)c1. The van der Waals surface area contributed by atoms with Gasteiger partial charge in [0.1, 0.15) is 5.82 Å². The number of nitrogen functional groups attached to an aromatic ring is 1. The lowest BCUT2D eigenvalue weighted by Gasteiger charge is -2.08. The fourth-order valence-corrected chi connectivity index (χ4v) is 2.90. The number of hydrogen-bond donors (Lipinski definition) is 1. The molecule has 0 radical (unpaired) electrons. The molecular formula is C15H20BrN3. The number of halogens is 1. The fourth-order valence-electron chi connectivity index (χ4n) is 2.30. The second kappa shape index (κ2) is 5.37. The summed E-state index contributed by atoms with van der Waals surface area (Å²) in [6.45, 7) is 6.48. The molecule has 0 spiro atoms. The Morgan fingerprint density at radius 1 is 1.32 bits per heavy atom. The lowest BCUT2D eigenvalue weighted by Crippen LogP contribution is -2.02. The Balaban J connectivity index is 2.57. The van der Waals surface area contributed by atoms with Crippen LogP contribution in [0, 0.1) is 12.8 Å². The number of aromatic nitrogens is 2. The summed E-state index contributed by atoms with van der Waals surface area (Å²) in [5.74, 6) is 1.32. The summed E-state index contributed by atoms with van der Waals surface area (Å²) in [5.41, 5.74) is 10.6. The minimum absolute atomic E-state index is 0.554. The van der Waals surface area contributed by atoms with Crippen LogP contribution >= 0.6 is 15.9 Å².